The van der Waals surface area contributed by atoms with Gasteiger partial charge in [0.05, 0.1) is 5.02 Å². The van der Waals surface area contributed by atoms with Gasteiger partial charge in [-0.25, -0.2) is 4.79 Å². The number of carbonyl (C=O) groups excluding carboxylic acids is 2. The number of aldehydes is 1. The molecule has 0 unspecified atom stereocenters. The van der Waals surface area contributed by atoms with E-state index >= 15 is 0 Å². The van der Waals surface area contributed by atoms with Gasteiger partial charge in [0.15, 0.2) is 6.29 Å². The molecule has 0 bridgehead atoms. The Morgan fingerprint density at radius 1 is 0.973 bits per heavy atom. The highest BCUT2D eigenvalue weighted by molar-refractivity contribution is 7.99. The first kappa shape index (κ1) is 25.4. The van der Waals surface area contributed by atoms with Crippen LogP contribution in [-0.4, -0.2) is 19.0 Å². The van der Waals surface area contributed by atoms with Gasteiger partial charge in [-0.15, -0.1) is 0 Å². The number of amides is 1. The zero-order valence-electron chi connectivity index (χ0n) is 20.0. The molecule has 0 fully saturated rings. The highest BCUT2D eigenvalue weighted by Crippen LogP contribution is 2.44. The van der Waals surface area contributed by atoms with Crippen LogP contribution in [-0.2, 0) is 11.3 Å². The number of rotatable bonds is 7. The largest absolute Gasteiger partial charge is 0.449 e. The highest BCUT2D eigenvalue weighted by atomic mass is 35.5. The molecule has 0 radical (unpaired) electrons. The normalized spacial score (nSPS) is 12.1. The Labute approximate surface area is 230 Å². The Hall–Kier alpha value is -3.25. The molecule has 0 heterocycles. The summed E-state index contributed by atoms with van der Waals surface area (Å²) in [7, 11) is 0. The van der Waals surface area contributed by atoms with E-state index in [9.17, 15) is 9.59 Å². The molecule has 1 N–H and O–H groups in total. The molecule has 186 valence electrons. The fraction of sp³-hybridized carbons (Fsp3) is 0.133. The molecule has 7 heteroatoms. The lowest BCUT2D eigenvalue weighted by atomic mass is 9.98. The summed E-state index contributed by atoms with van der Waals surface area (Å²) < 4.78 is 5.66. The molecule has 1 aliphatic carbocycles. The predicted octanol–water partition coefficient (Wildman–Crippen LogP) is 8.30. The van der Waals surface area contributed by atoms with Gasteiger partial charge in [-0.2, -0.15) is 0 Å². The van der Waals surface area contributed by atoms with E-state index in [1.165, 1.54) is 22.9 Å². The summed E-state index contributed by atoms with van der Waals surface area (Å²) in [5.74, 6) is -0.0202. The lowest BCUT2D eigenvalue weighted by Gasteiger charge is -2.16. The summed E-state index contributed by atoms with van der Waals surface area (Å²) in [5, 5.41) is 3.73. The molecule has 37 heavy (non-hydrogen) atoms. The zero-order valence-corrected chi connectivity index (χ0v) is 22.3. The first-order valence-corrected chi connectivity index (χ1v) is 13.3. The van der Waals surface area contributed by atoms with Gasteiger partial charge in [-0.1, -0.05) is 95.1 Å². The standard InChI is InChI=1S/C30H23Cl2NO3S/c1-18-10-11-28(20(12-18)16-34)37-29-19(13-21(31)14-27(29)32)15-33-30(35)36-17-26-24-8-4-2-6-22(24)23-7-3-5-9-25(23)26/h2-14,16,26H,15,17H2,1H3,(H,33,35). The molecule has 4 aromatic carbocycles. The van der Waals surface area contributed by atoms with E-state index in [1.807, 2.05) is 49.4 Å². The third-order valence-corrected chi connectivity index (χ3v) is 8.26. The summed E-state index contributed by atoms with van der Waals surface area (Å²) in [6, 6.07) is 25.5. The van der Waals surface area contributed by atoms with Crippen LogP contribution in [0.1, 0.15) is 38.5 Å². The molecule has 1 aliphatic rings. The zero-order chi connectivity index (χ0) is 25.9. The summed E-state index contributed by atoms with van der Waals surface area (Å²) >= 11 is 14.2. The van der Waals surface area contributed by atoms with Crippen LogP contribution in [0.25, 0.3) is 11.1 Å². The van der Waals surface area contributed by atoms with E-state index in [2.05, 4.69) is 29.6 Å². The van der Waals surface area contributed by atoms with E-state index in [-0.39, 0.29) is 19.1 Å². The van der Waals surface area contributed by atoms with Crippen molar-refractivity contribution in [2.24, 2.45) is 0 Å². The van der Waals surface area contributed by atoms with Crippen molar-refractivity contribution >= 4 is 47.3 Å². The lowest BCUT2D eigenvalue weighted by Crippen LogP contribution is -2.26. The van der Waals surface area contributed by atoms with Gasteiger partial charge in [-0.05, 0) is 59.0 Å². The van der Waals surface area contributed by atoms with Crippen LogP contribution < -0.4 is 5.32 Å². The van der Waals surface area contributed by atoms with Gasteiger partial charge < -0.3 is 10.1 Å². The maximum Gasteiger partial charge on any atom is 0.407 e. The highest BCUT2D eigenvalue weighted by Gasteiger charge is 2.29. The van der Waals surface area contributed by atoms with Crippen LogP contribution in [0.3, 0.4) is 0 Å². The average molecular weight is 548 g/mol. The number of nitrogens with one attached hydrogen (secondary N) is 1. The minimum Gasteiger partial charge on any atom is -0.449 e. The van der Waals surface area contributed by atoms with Crippen LogP contribution in [0, 0.1) is 6.92 Å². The molecule has 0 aromatic heterocycles. The number of carbonyl (C=O) groups is 2. The Morgan fingerprint density at radius 2 is 1.65 bits per heavy atom. The second kappa shape index (κ2) is 11.0. The van der Waals surface area contributed by atoms with Crippen LogP contribution >= 0.6 is 35.0 Å². The molecule has 1 amide bonds. The quantitative estimate of drug-likeness (QED) is 0.236. The maximum absolute atomic E-state index is 12.7. The number of hydrogen-bond donors (Lipinski definition) is 1. The first-order chi connectivity index (χ1) is 17.9. The van der Waals surface area contributed by atoms with Gasteiger partial charge in [0, 0.05) is 32.8 Å². The Kier molecular flexibility index (Phi) is 7.56. The fourth-order valence-electron chi connectivity index (χ4n) is 4.64. The first-order valence-electron chi connectivity index (χ1n) is 11.7. The molecule has 0 atom stereocenters. The molecule has 0 saturated heterocycles. The van der Waals surface area contributed by atoms with Crippen molar-refractivity contribution in [1.82, 2.24) is 5.32 Å². The van der Waals surface area contributed by atoms with Crippen molar-refractivity contribution in [2.75, 3.05) is 6.61 Å². The van der Waals surface area contributed by atoms with Gasteiger partial charge in [0.25, 0.3) is 0 Å². The second-order valence-electron chi connectivity index (χ2n) is 8.82. The monoisotopic (exact) mass is 547 g/mol. The van der Waals surface area contributed by atoms with E-state index in [0.717, 1.165) is 38.3 Å². The number of fused-ring (bicyclic) bond motifs is 3. The average Bonchev–Trinajstić information content (AvgIpc) is 3.22. The van der Waals surface area contributed by atoms with Crippen molar-refractivity contribution in [3.8, 4) is 11.1 Å². The van der Waals surface area contributed by atoms with Gasteiger partial charge in [0.2, 0.25) is 0 Å². The minimum atomic E-state index is -0.530. The lowest BCUT2D eigenvalue weighted by molar-refractivity contribution is 0.112. The van der Waals surface area contributed by atoms with E-state index < -0.39 is 6.09 Å². The number of halogens is 2. The number of ether oxygens (including phenoxy) is 1. The predicted molar refractivity (Wildman–Crippen MR) is 149 cm³/mol. The van der Waals surface area contributed by atoms with E-state index in [1.54, 1.807) is 12.1 Å². The van der Waals surface area contributed by atoms with Gasteiger partial charge >= 0.3 is 6.09 Å². The Bertz CT molecular complexity index is 1460. The molecule has 0 spiro atoms. The van der Waals surface area contributed by atoms with Crippen LogP contribution in [0.4, 0.5) is 4.79 Å². The number of benzene rings is 4. The number of aryl methyl sites for hydroxylation is 1. The second-order valence-corrected chi connectivity index (χ2v) is 10.7. The van der Waals surface area contributed by atoms with Crippen LogP contribution in [0.15, 0.2) is 88.7 Å². The van der Waals surface area contributed by atoms with E-state index in [4.69, 9.17) is 27.9 Å². The smallest absolute Gasteiger partial charge is 0.407 e. The van der Waals surface area contributed by atoms with Crippen LogP contribution in [0.5, 0.6) is 0 Å². The molecule has 0 aliphatic heterocycles. The Balaban J connectivity index is 1.29. The van der Waals surface area contributed by atoms with Crippen molar-refractivity contribution in [3.05, 3.63) is 117 Å². The third kappa shape index (κ3) is 5.40. The number of hydrogen-bond acceptors (Lipinski definition) is 4. The fourth-order valence-corrected chi connectivity index (χ4v) is 6.29. The number of alkyl carbamates (subject to hydrolysis) is 1. The van der Waals surface area contributed by atoms with Crippen LogP contribution in [0.2, 0.25) is 10.0 Å². The molecular weight excluding hydrogens is 525 g/mol. The summed E-state index contributed by atoms with van der Waals surface area (Å²) in [6.07, 6.45) is 0.297. The van der Waals surface area contributed by atoms with Crippen molar-refractivity contribution in [1.29, 1.82) is 0 Å². The molecule has 4 aromatic rings. The van der Waals surface area contributed by atoms with Crippen molar-refractivity contribution < 1.29 is 14.3 Å². The summed E-state index contributed by atoms with van der Waals surface area (Å²) in [6.45, 7) is 2.33. The third-order valence-electron chi connectivity index (χ3n) is 6.36. The van der Waals surface area contributed by atoms with Gasteiger partial charge in [-0.3, -0.25) is 4.79 Å². The summed E-state index contributed by atoms with van der Waals surface area (Å²) in [5.41, 5.74) is 6.95. The van der Waals surface area contributed by atoms with Crippen molar-refractivity contribution in [3.63, 3.8) is 0 Å². The summed E-state index contributed by atoms with van der Waals surface area (Å²) in [4.78, 5) is 25.8. The van der Waals surface area contributed by atoms with Gasteiger partial charge in [0.1, 0.15) is 6.61 Å². The maximum atomic E-state index is 12.7. The van der Waals surface area contributed by atoms with E-state index in [0.29, 0.717) is 15.6 Å². The topological polar surface area (TPSA) is 55.4 Å². The molecule has 5 rings (SSSR count). The molecule has 4 nitrogen and oxygen atoms in total. The SMILES string of the molecule is Cc1ccc(Sc2c(Cl)cc(Cl)cc2CNC(=O)OCC2c3ccccc3-c3ccccc32)c(C=O)c1. The molecule has 0 saturated carbocycles. The minimum absolute atomic E-state index is 0.0202. The van der Waals surface area contributed by atoms with Crippen molar-refractivity contribution in [2.45, 2.75) is 29.2 Å². The Morgan fingerprint density at radius 3 is 2.32 bits per heavy atom. The molecular formula is C30H23Cl2NO3S.